The lowest BCUT2D eigenvalue weighted by molar-refractivity contribution is -0.140. The summed E-state index contributed by atoms with van der Waals surface area (Å²) < 4.78 is 49.7. The fourth-order valence-electron chi connectivity index (χ4n) is 1.00. The quantitative estimate of drug-likeness (QED) is 0.734. The largest absolute Gasteiger partial charge is 0.419 e. The molecule has 0 saturated heterocycles. The Bertz CT molecular complexity index is 348. The van der Waals surface area contributed by atoms with Crippen LogP contribution >= 0.6 is 11.6 Å². The Hall–Kier alpha value is -0.810. The van der Waals surface area contributed by atoms with E-state index in [-0.39, 0.29) is 17.1 Å². The number of nitrogens with two attached hydrogens (primary N) is 1. The molecule has 0 aromatic heterocycles. The van der Waals surface area contributed by atoms with Gasteiger partial charge in [-0.25, -0.2) is 4.39 Å². The summed E-state index contributed by atoms with van der Waals surface area (Å²) in [6.07, 6.45) is -4.75. The molecule has 0 atom stereocenters. The number of alkyl halides is 3. The molecule has 0 saturated carbocycles. The summed E-state index contributed by atoms with van der Waals surface area (Å²) in [5.74, 6) is -1.36. The summed E-state index contributed by atoms with van der Waals surface area (Å²) in [5.41, 5.74) is 3.44. The molecule has 1 aromatic carbocycles. The van der Waals surface area contributed by atoms with Crippen LogP contribution in [0.15, 0.2) is 12.1 Å². The number of rotatable bonds is 1. The van der Waals surface area contributed by atoms with Crippen LogP contribution in [0, 0.1) is 5.82 Å². The molecule has 2 N–H and O–H groups in total. The molecule has 0 aliphatic carbocycles. The highest BCUT2D eigenvalue weighted by Crippen LogP contribution is 2.34. The molecule has 6 heteroatoms. The predicted octanol–water partition coefficient (Wildman–Crippen LogP) is 2.96. The molecule has 0 heterocycles. The molecular formula is C8H6ClF4N. The Morgan fingerprint density at radius 1 is 1.29 bits per heavy atom. The summed E-state index contributed by atoms with van der Waals surface area (Å²) in [4.78, 5) is 0. The molecule has 14 heavy (non-hydrogen) atoms. The lowest BCUT2D eigenvalue weighted by atomic mass is 10.1. The standard InChI is InChI=1S/C8H6ClF4N/c9-5-1-4(3-14)7(10)6(2-5)8(11,12)13/h1-2H,3,14H2. The van der Waals surface area contributed by atoms with Crippen LogP contribution in [-0.2, 0) is 12.7 Å². The van der Waals surface area contributed by atoms with Gasteiger partial charge >= 0.3 is 6.18 Å². The van der Waals surface area contributed by atoms with Gasteiger partial charge in [0, 0.05) is 17.1 Å². The summed E-state index contributed by atoms with van der Waals surface area (Å²) >= 11 is 5.38. The molecule has 0 radical (unpaired) electrons. The molecule has 0 fully saturated rings. The zero-order valence-corrected chi connectivity index (χ0v) is 7.58. The summed E-state index contributed by atoms with van der Waals surface area (Å²) in [6.45, 7) is -0.324. The summed E-state index contributed by atoms with van der Waals surface area (Å²) in [6, 6.07) is 1.61. The fourth-order valence-corrected chi connectivity index (χ4v) is 1.24. The molecular weight excluding hydrogens is 222 g/mol. The van der Waals surface area contributed by atoms with Crippen LogP contribution < -0.4 is 5.73 Å². The number of benzene rings is 1. The monoisotopic (exact) mass is 227 g/mol. The van der Waals surface area contributed by atoms with Crippen LogP contribution in [0.4, 0.5) is 17.6 Å². The highest BCUT2D eigenvalue weighted by molar-refractivity contribution is 6.30. The Morgan fingerprint density at radius 3 is 2.29 bits per heavy atom. The molecule has 1 nitrogen and oxygen atoms in total. The maximum Gasteiger partial charge on any atom is 0.419 e. The molecule has 0 spiro atoms. The van der Waals surface area contributed by atoms with Gasteiger partial charge < -0.3 is 5.73 Å². The van der Waals surface area contributed by atoms with Crippen molar-refractivity contribution in [3.8, 4) is 0 Å². The van der Waals surface area contributed by atoms with Gasteiger partial charge in [0.15, 0.2) is 0 Å². The minimum absolute atomic E-state index is 0.181. The Labute approximate surface area is 82.5 Å². The van der Waals surface area contributed by atoms with Gasteiger partial charge in [0.05, 0.1) is 5.56 Å². The van der Waals surface area contributed by atoms with Crippen molar-refractivity contribution in [1.29, 1.82) is 0 Å². The Morgan fingerprint density at radius 2 is 1.86 bits per heavy atom. The maximum atomic E-state index is 13.1. The van der Waals surface area contributed by atoms with Crippen LogP contribution in [0.2, 0.25) is 5.02 Å². The van der Waals surface area contributed by atoms with Gasteiger partial charge in [-0.3, -0.25) is 0 Å². The summed E-state index contributed by atoms with van der Waals surface area (Å²) in [7, 11) is 0. The number of hydrogen-bond donors (Lipinski definition) is 1. The van der Waals surface area contributed by atoms with Crippen molar-refractivity contribution in [3.63, 3.8) is 0 Å². The van der Waals surface area contributed by atoms with E-state index in [1.165, 1.54) is 0 Å². The van der Waals surface area contributed by atoms with E-state index in [2.05, 4.69) is 0 Å². The molecule has 1 rings (SSSR count). The smallest absolute Gasteiger partial charge is 0.326 e. The van der Waals surface area contributed by atoms with Gasteiger partial charge in [-0.15, -0.1) is 0 Å². The zero-order valence-electron chi connectivity index (χ0n) is 6.83. The van der Waals surface area contributed by atoms with Gasteiger partial charge in [-0.1, -0.05) is 11.6 Å². The maximum absolute atomic E-state index is 13.1. The normalized spacial score (nSPS) is 11.9. The lowest BCUT2D eigenvalue weighted by Crippen LogP contribution is -2.11. The summed E-state index contributed by atoms with van der Waals surface area (Å²) in [5, 5.41) is -0.181. The van der Waals surface area contributed by atoms with E-state index in [9.17, 15) is 17.6 Å². The van der Waals surface area contributed by atoms with E-state index in [1.807, 2.05) is 0 Å². The molecule has 0 amide bonds. The third-order valence-corrected chi connectivity index (χ3v) is 1.86. The first-order valence-corrected chi connectivity index (χ1v) is 3.99. The third kappa shape index (κ3) is 2.16. The average molecular weight is 228 g/mol. The van der Waals surface area contributed by atoms with Crippen LogP contribution in [0.3, 0.4) is 0 Å². The fraction of sp³-hybridized carbons (Fsp3) is 0.250. The Kier molecular flexibility index (Phi) is 3.01. The molecule has 78 valence electrons. The van der Waals surface area contributed by atoms with E-state index in [1.54, 1.807) is 0 Å². The van der Waals surface area contributed by atoms with Crippen LogP contribution in [-0.4, -0.2) is 0 Å². The van der Waals surface area contributed by atoms with Gasteiger partial charge in [0.25, 0.3) is 0 Å². The first kappa shape index (κ1) is 11.3. The molecule has 0 aliphatic heterocycles. The predicted molar refractivity (Wildman–Crippen MR) is 44.3 cm³/mol. The number of hydrogen-bond acceptors (Lipinski definition) is 1. The highest BCUT2D eigenvalue weighted by Gasteiger charge is 2.35. The van der Waals surface area contributed by atoms with Crippen molar-refractivity contribution in [1.82, 2.24) is 0 Å². The van der Waals surface area contributed by atoms with E-state index >= 15 is 0 Å². The highest BCUT2D eigenvalue weighted by atomic mass is 35.5. The van der Waals surface area contributed by atoms with Gasteiger partial charge in [-0.2, -0.15) is 13.2 Å². The van der Waals surface area contributed by atoms with Gasteiger partial charge in [-0.05, 0) is 12.1 Å². The van der Waals surface area contributed by atoms with Crippen molar-refractivity contribution in [2.45, 2.75) is 12.7 Å². The minimum atomic E-state index is -4.75. The van der Waals surface area contributed by atoms with Crippen molar-refractivity contribution in [2.75, 3.05) is 0 Å². The number of halogens is 5. The van der Waals surface area contributed by atoms with E-state index in [4.69, 9.17) is 17.3 Å². The second-order valence-corrected chi connectivity index (χ2v) is 3.06. The Balaban J connectivity index is 3.37. The SMILES string of the molecule is NCc1cc(Cl)cc(C(F)(F)F)c1F. The molecule has 0 bridgehead atoms. The second-order valence-electron chi connectivity index (χ2n) is 2.63. The minimum Gasteiger partial charge on any atom is -0.326 e. The van der Waals surface area contributed by atoms with Gasteiger partial charge in [0.1, 0.15) is 5.82 Å². The molecule has 0 unspecified atom stereocenters. The van der Waals surface area contributed by atoms with Crippen molar-refractivity contribution >= 4 is 11.6 Å². The topological polar surface area (TPSA) is 26.0 Å². The van der Waals surface area contributed by atoms with Gasteiger partial charge in [0.2, 0.25) is 0 Å². The van der Waals surface area contributed by atoms with Crippen molar-refractivity contribution in [2.24, 2.45) is 5.73 Å². The van der Waals surface area contributed by atoms with Crippen LogP contribution in [0.25, 0.3) is 0 Å². The zero-order chi connectivity index (χ0) is 10.9. The van der Waals surface area contributed by atoms with Crippen molar-refractivity contribution in [3.05, 3.63) is 34.1 Å². The molecule has 1 aromatic rings. The van der Waals surface area contributed by atoms with E-state index in [0.717, 1.165) is 6.07 Å². The van der Waals surface area contributed by atoms with E-state index < -0.39 is 17.6 Å². The average Bonchev–Trinajstić information content (AvgIpc) is 2.06. The second kappa shape index (κ2) is 3.74. The van der Waals surface area contributed by atoms with Crippen LogP contribution in [0.5, 0.6) is 0 Å². The van der Waals surface area contributed by atoms with Crippen LogP contribution in [0.1, 0.15) is 11.1 Å². The molecule has 0 aliphatic rings. The first-order chi connectivity index (χ1) is 6.36. The third-order valence-electron chi connectivity index (χ3n) is 1.64. The van der Waals surface area contributed by atoms with E-state index in [0.29, 0.717) is 6.07 Å². The first-order valence-electron chi connectivity index (χ1n) is 3.61. The lowest BCUT2D eigenvalue weighted by Gasteiger charge is -2.10. The van der Waals surface area contributed by atoms with Crippen molar-refractivity contribution < 1.29 is 17.6 Å².